The van der Waals surface area contributed by atoms with Crippen molar-refractivity contribution in [2.24, 2.45) is 0 Å². The van der Waals surface area contributed by atoms with Crippen molar-refractivity contribution < 1.29 is 14.4 Å². The molecule has 1 N–H and O–H groups in total. The minimum Gasteiger partial charge on any atom is -0.410 e. The van der Waals surface area contributed by atoms with E-state index in [1.165, 1.54) is 0 Å². The molecule has 1 amide bonds. The number of nitrogens with zero attached hydrogens (tertiary/aromatic N) is 2. The van der Waals surface area contributed by atoms with Crippen LogP contribution in [-0.2, 0) is 16.7 Å². The van der Waals surface area contributed by atoms with E-state index >= 15 is 0 Å². The Morgan fingerprint density at radius 1 is 1.23 bits per heavy atom. The van der Waals surface area contributed by atoms with Gasteiger partial charge >= 0.3 is 6.09 Å². The van der Waals surface area contributed by atoms with Gasteiger partial charge in [0.2, 0.25) is 0 Å². The molecule has 2 aliphatic heterocycles. The summed E-state index contributed by atoms with van der Waals surface area (Å²) in [5, 5.41) is 4.75. The number of nitrogens with one attached hydrogen (secondary N) is 1. The van der Waals surface area contributed by atoms with Crippen molar-refractivity contribution in [2.75, 3.05) is 30.9 Å². The van der Waals surface area contributed by atoms with Gasteiger partial charge in [0, 0.05) is 37.4 Å². The first-order valence-electron chi connectivity index (χ1n) is 9.74. The number of benzene rings is 2. The molecule has 6 nitrogen and oxygen atoms in total. The van der Waals surface area contributed by atoms with Crippen LogP contribution in [0.4, 0.5) is 16.2 Å². The maximum Gasteiger partial charge on any atom is 0.417 e. The zero-order valence-electron chi connectivity index (χ0n) is 17.7. The first kappa shape index (κ1) is 24.3. The molecule has 2 heterocycles. The van der Waals surface area contributed by atoms with Crippen molar-refractivity contribution in [2.45, 2.75) is 38.3 Å². The summed E-state index contributed by atoms with van der Waals surface area (Å²) in [4.78, 5) is 20.7. The number of likely N-dealkylation sites (N-methyl/N-ethyl adjacent to an activating group) is 1. The molecule has 0 aromatic heterocycles. The molecule has 0 unspecified atom stereocenters. The highest BCUT2D eigenvalue weighted by Gasteiger charge is 2.50. The van der Waals surface area contributed by atoms with Gasteiger partial charge in [-0.3, -0.25) is 10.2 Å². The monoisotopic (exact) mass is 453 g/mol. The maximum absolute atomic E-state index is 12.4. The van der Waals surface area contributed by atoms with E-state index in [2.05, 4.69) is 24.1 Å². The predicted octanol–water partition coefficient (Wildman–Crippen LogP) is 5.00. The van der Waals surface area contributed by atoms with E-state index in [9.17, 15) is 4.79 Å². The highest BCUT2D eigenvalue weighted by molar-refractivity contribution is 5.87. The van der Waals surface area contributed by atoms with E-state index in [4.69, 9.17) is 9.57 Å². The molecule has 0 saturated carbocycles. The molecule has 2 atom stereocenters. The van der Waals surface area contributed by atoms with Crippen LogP contribution < -0.4 is 15.0 Å². The van der Waals surface area contributed by atoms with E-state index in [0.29, 0.717) is 5.75 Å². The van der Waals surface area contributed by atoms with E-state index in [1.807, 2.05) is 61.6 Å². The number of anilines is 2. The number of hydrogen-bond acceptors (Lipinski definition) is 5. The van der Waals surface area contributed by atoms with Crippen LogP contribution in [0, 0.1) is 0 Å². The minimum atomic E-state index is -0.478. The average molecular weight is 454 g/mol. The van der Waals surface area contributed by atoms with Gasteiger partial charge in [0.25, 0.3) is 0 Å². The number of para-hydroxylation sites is 1. The lowest BCUT2D eigenvalue weighted by atomic mass is 9.79. The Hall–Kier alpha value is -1.99. The number of carbonyl (C=O) groups excluding carboxylic acids is 1. The third-order valence-corrected chi connectivity index (χ3v) is 5.93. The third-order valence-electron chi connectivity index (χ3n) is 5.93. The number of aryl methyl sites for hydroxylation is 1. The molecular weight excluding hydrogens is 425 g/mol. The number of hydrogen-bond donors (Lipinski definition) is 1. The lowest BCUT2D eigenvalue weighted by Crippen LogP contribution is -2.52. The van der Waals surface area contributed by atoms with Gasteiger partial charge < -0.3 is 9.64 Å². The fraction of sp³-hybridized carbons (Fsp3) is 0.409. The molecule has 8 heteroatoms. The van der Waals surface area contributed by atoms with Crippen LogP contribution in [0.1, 0.15) is 31.4 Å². The van der Waals surface area contributed by atoms with Crippen LogP contribution in [0.15, 0.2) is 42.5 Å². The van der Waals surface area contributed by atoms with Crippen LogP contribution >= 0.6 is 24.8 Å². The Morgan fingerprint density at radius 2 is 1.97 bits per heavy atom. The Bertz CT molecular complexity index is 911. The zero-order valence-corrected chi connectivity index (χ0v) is 19.3. The molecule has 2 aromatic rings. The van der Waals surface area contributed by atoms with E-state index in [0.717, 1.165) is 41.9 Å². The van der Waals surface area contributed by atoms with Gasteiger partial charge in [0.1, 0.15) is 5.75 Å². The second kappa shape index (κ2) is 9.43. The van der Waals surface area contributed by atoms with Crippen LogP contribution in [-0.4, -0.2) is 38.0 Å². The van der Waals surface area contributed by atoms with Crippen molar-refractivity contribution in [3.8, 4) is 5.75 Å². The second-order valence-electron chi connectivity index (χ2n) is 7.79. The molecule has 0 radical (unpaired) electrons. The number of carbonyl (C=O) groups is 1. The molecule has 1 fully saturated rings. The summed E-state index contributed by atoms with van der Waals surface area (Å²) >= 11 is 0. The first-order valence-corrected chi connectivity index (χ1v) is 9.74. The minimum absolute atomic E-state index is 0. The van der Waals surface area contributed by atoms with Crippen molar-refractivity contribution >= 4 is 42.3 Å². The van der Waals surface area contributed by atoms with Crippen LogP contribution in [0.3, 0.4) is 0 Å². The smallest absolute Gasteiger partial charge is 0.410 e. The fourth-order valence-corrected chi connectivity index (χ4v) is 4.28. The number of amides is 1. The van der Waals surface area contributed by atoms with E-state index in [-0.39, 0.29) is 36.5 Å². The van der Waals surface area contributed by atoms with Gasteiger partial charge in [-0.05, 0) is 48.2 Å². The second-order valence-corrected chi connectivity index (χ2v) is 7.79. The van der Waals surface area contributed by atoms with Gasteiger partial charge in [-0.2, -0.15) is 5.06 Å². The molecule has 0 bridgehead atoms. The Morgan fingerprint density at radius 3 is 2.70 bits per heavy atom. The fourth-order valence-electron chi connectivity index (χ4n) is 4.28. The molecule has 0 spiro atoms. The lowest BCUT2D eigenvalue weighted by Gasteiger charge is -2.42. The predicted molar refractivity (Wildman–Crippen MR) is 124 cm³/mol. The number of halogens is 2. The summed E-state index contributed by atoms with van der Waals surface area (Å²) in [6, 6.07) is 13.6. The Labute approximate surface area is 190 Å². The standard InChI is InChI=1S/C22H27N3O3.2ClH/c1-5-15-8-6-7-9-18(15)23-21(26)27-16-10-11-19-17(14-16)22(2)12-13-24(3)28-20(22)25(19)4;;/h6-11,14,20H,5,12-13H2,1-4H3,(H,23,26);2*1H/t20-,22-;;/m0../s1. The van der Waals surface area contributed by atoms with Crippen LogP contribution in [0.2, 0.25) is 0 Å². The van der Waals surface area contributed by atoms with Crippen molar-refractivity contribution in [1.82, 2.24) is 5.06 Å². The van der Waals surface area contributed by atoms with Gasteiger partial charge in [-0.15, -0.1) is 24.8 Å². The van der Waals surface area contributed by atoms with Crippen molar-refractivity contribution in [3.05, 3.63) is 53.6 Å². The number of rotatable bonds is 3. The summed E-state index contributed by atoms with van der Waals surface area (Å²) in [5.74, 6) is 0.541. The summed E-state index contributed by atoms with van der Waals surface area (Å²) in [6.07, 6.45) is 1.29. The summed E-state index contributed by atoms with van der Waals surface area (Å²) in [6.45, 7) is 5.14. The van der Waals surface area contributed by atoms with E-state index < -0.39 is 6.09 Å². The van der Waals surface area contributed by atoms with Gasteiger partial charge in [0.15, 0.2) is 6.23 Å². The number of ether oxygens (including phenoxy) is 1. The molecular formula is C22H29Cl2N3O3. The van der Waals surface area contributed by atoms with Crippen LogP contribution in [0.25, 0.3) is 0 Å². The number of hydroxylamine groups is 2. The van der Waals surface area contributed by atoms with Gasteiger partial charge in [-0.25, -0.2) is 4.79 Å². The molecule has 164 valence electrons. The molecule has 0 aliphatic carbocycles. The average Bonchev–Trinajstić information content (AvgIpc) is 2.90. The topological polar surface area (TPSA) is 54.0 Å². The molecule has 30 heavy (non-hydrogen) atoms. The quantitative estimate of drug-likeness (QED) is 0.707. The zero-order chi connectivity index (χ0) is 19.9. The first-order chi connectivity index (χ1) is 13.4. The van der Waals surface area contributed by atoms with Gasteiger partial charge in [-0.1, -0.05) is 32.0 Å². The molecule has 2 aromatic carbocycles. The SMILES string of the molecule is CCc1ccccc1NC(=O)Oc1ccc2c(c1)[C@]1(C)CCN(C)O[C@@H]1N2C.Cl.Cl. The maximum atomic E-state index is 12.4. The normalized spacial score (nSPS) is 22.3. The van der Waals surface area contributed by atoms with Gasteiger partial charge in [0.05, 0.1) is 0 Å². The van der Waals surface area contributed by atoms with Crippen LogP contribution in [0.5, 0.6) is 5.75 Å². The lowest BCUT2D eigenvalue weighted by molar-refractivity contribution is -0.226. The van der Waals surface area contributed by atoms with Crippen molar-refractivity contribution in [3.63, 3.8) is 0 Å². The summed E-state index contributed by atoms with van der Waals surface area (Å²) in [5.41, 5.74) is 4.00. The molecule has 2 aliphatic rings. The highest BCUT2D eigenvalue weighted by Crippen LogP contribution is 2.50. The Kier molecular flexibility index (Phi) is 7.64. The number of fused-ring (bicyclic) bond motifs is 3. The largest absolute Gasteiger partial charge is 0.417 e. The molecule has 1 saturated heterocycles. The summed E-state index contributed by atoms with van der Waals surface area (Å²) in [7, 11) is 4.01. The highest BCUT2D eigenvalue weighted by atomic mass is 35.5. The Balaban J connectivity index is 0.00000160. The van der Waals surface area contributed by atoms with E-state index in [1.54, 1.807) is 0 Å². The van der Waals surface area contributed by atoms with Crippen molar-refractivity contribution in [1.29, 1.82) is 0 Å². The molecule has 4 rings (SSSR count). The summed E-state index contributed by atoms with van der Waals surface area (Å²) < 4.78 is 5.60. The third kappa shape index (κ3) is 4.23.